The summed E-state index contributed by atoms with van der Waals surface area (Å²) in [6.07, 6.45) is 1.25. The van der Waals surface area contributed by atoms with Crippen molar-refractivity contribution in [1.29, 1.82) is 0 Å². The highest BCUT2D eigenvalue weighted by molar-refractivity contribution is 7.12. The number of carboxylic acids is 1. The van der Waals surface area contributed by atoms with Crippen molar-refractivity contribution in [3.8, 4) is 5.75 Å². The van der Waals surface area contributed by atoms with Crippen LogP contribution in [0, 0.1) is 5.92 Å². The average Bonchev–Trinajstić information content (AvgIpc) is 3.02. The lowest BCUT2D eigenvalue weighted by atomic mass is 9.98. The molecular formula is C15H20N2O5S. The molecule has 0 bridgehead atoms. The van der Waals surface area contributed by atoms with Crippen molar-refractivity contribution in [2.75, 3.05) is 33.8 Å². The van der Waals surface area contributed by atoms with E-state index in [0.29, 0.717) is 30.0 Å². The number of thiophene rings is 1. The number of nitrogens with zero attached hydrogens (tertiary/aromatic N) is 2. The summed E-state index contributed by atoms with van der Waals surface area (Å²) in [5, 5.41) is 10.8. The van der Waals surface area contributed by atoms with Crippen LogP contribution in [0.5, 0.6) is 5.75 Å². The number of carbonyl (C=O) groups is 3. The minimum atomic E-state index is -0.879. The van der Waals surface area contributed by atoms with Gasteiger partial charge in [0.15, 0.2) is 0 Å². The first-order chi connectivity index (χ1) is 10.9. The lowest BCUT2D eigenvalue weighted by Gasteiger charge is -2.32. The van der Waals surface area contributed by atoms with Gasteiger partial charge in [-0.25, -0.2) is 0 Å². The van der Waals surface area contributed by atoms with Crippen molar-refractivity contribution in [2.24, 2.45) is 5.92 Å². The Hall–Kier alpha value is -2.09. The fourth-order valence-electron chi connectivity index (χ4n) is 2.57. The Morgan fingerprint density at radius 2 is 2.22 bits per heavy atom. The summed E-state index contributed by atoms with van der Waals surface area (Å²) in [6.45, 7) is 0.664. The standard InChI is InChI=1S/C15H20N2O5S/c1-16(14(19)13-11(22-2)5-7-23-13)9-12(18)17-6-3-4-10(8-17)15(20)21/h5,7,10H,3-4,6,8-9H2,1-2H3,(H,20,21)/t10-/m1/s1. The minimum absolute atomic E-state index is 0.0772. The van der Waals surface area contributed by atoms with Gasteiger partial charge < -0.3 is 19.6 Å². The van der Waals surface area contributed by atoms with Crippen LogP contribution < -0.4 is 4.74 Å². The van der Waals surface area contributed by atoms with Crippen LogP contribution in [0.2, 0.25) is 0 Å². The first-order valence-electron chi connectivity index (χ1n) is 7.31. The number of amides is 2. The second-order valence-corrected chi connectivity index (χ2v) is 6.41. The van der Waals surface area contributed by atoms with E-state index in [-0.39, 0.29) is 24.9 Å². The normalized spacial score (nSPS) is 17.7. The van der Waals surface area contributed by atoms with Gasteiger partial charge in [0.2, 0.25) is 5.91 Å². The topological polar surface area (TPSA) is 87.2 Å². The lowest BCUT2D eigenvalue weighted by Crippen LogP contribution is -2.46. The Balaban J connectivity index is 1.96. The van der Waals surface area contributed by atoms with Crippen LogP contribution in [-0.2, 0) is 9.59 Å². The summed E-state index contributed by atoms with van der Waals surface area (Å²) in [4.78, 5) is 39.1. The van der Waals surface area contributed by atoms with E-state index in [1.807, 2.05) is 0 Å². The molecule has 1 atom stereocenters. The number of likely N-dealkylation sites (N-methyl/N-ethyl adjacent to an activating group) is 1. The quantitative estimate of drug-likeness (QED) is 0.869. The fraction of sp³-hybridized carbons (Fsp3) is 0.533. The molecule has 1 saturated heterocycles. The van der Waals surface area contributed by atoms with E-state index in [1.54, 1.807) is 18.5 Å². The van der Waals surface area contributed by atoms with Crippen molar-refractivity contribution in [1.82, 2.24) is 9.80 Å². The first-order valence-corrected chi connectivity index (χ1v) is 8.19. The largest absolute Gasteiger partial charge is 0.495 e. The number of hydrogen-bond donors (Lipinski definition) is 1. The van der Waals surface area contributed by atoms with E-state index >= 15 is 0 Å². The van der Waals surface area contributed by atoms with Gasteiger partial charge in [0.05, 0.1) is 19.6 Å². The van der Waals surface area contributed by atoms with Crippen LogP contribution in [0.25, 0.3) is 0 Å². The number of carbonyl (C=O) groups excluding carboxylic acids is 2. The van der Waals surface area contributed by atoms with Gasteiger partial charge in [-0.1, -0.05) is 0 Å². The molecule has 0 unspecified atom stereocenters. The molecule has 126 valence electrons. The van der Waals surface area contributed by atoms with E-state index in [2.05, 4.69) is 0 Å². The number of likely N-dealkylation sites (tertiary alicyclic amines) is 1. The van der Waals surface area contributed by atoms with E-state index in [1.165, 1.54) is 28.2 Å². The number of methoxy groups -OCH3 is 1. The highest BCUT2D eigenvalue weighted by Crippen LogP contribution is 2.25. The van der Waals surface area contributed by atoms with Crippen molar-refractivity contribution < 1.29 is 24.2 Å². The molecule has 8 heteroatoms. The van der Waals surface area contributed by atoms with Gasteiger partial charge in [0.25, 0.3) is 5.91 Å². The van der Waals surface area contributed by atoms with Crippen molar-refractivity contribution in [3.05, 3.63) is 16.3 Å². The van der Waals surface area contributed by atoms with E-state index in [0.717, 1.165) is 0 Å². The second kappa shape index (κ2) is 7.45. The van der Waals surface area contributed by atoms with Crippen molar-refractivity contribution >= 4 is 29.1 Å². The molecule has 0 aliphatic carbocycles. The maximum atomic E-state index is 12.4. The van der Waals surface area contributed by atoms with Gasteiger partial charge >= 0.3 is 5.97 Å². The highest BCUT2D eigenvalue weighted by atomic mass is 32.1. The predicted octanol–water partition coefficient (Wildman–Crippen LogP) is 1.15. The summed E-state index contributed by atoms with van der Waals surface area (Å²) in [5.41, 5.74) is 0. The maximum absolute atomic E-state index is 12.4. The number of piperidine rings is 1. The van der Waals surface area contributed by atoms with Crippen molar-refractivity contribution in [2.45, 2.75) is 12.8 Å². The molecule has 23 heavy (non-hydrogen) atoms. The molecule has 0 aromatic carbocycles. The number of carboxylic acid groups (broad SMARTS) is 1. The van der Waals surface area contributed by atoms with Gasteiger partial charge in [0.1, 0.15) is 10.6 Å². The van der Waals surface area contributed by atoms with Crippen LogP contribution >= 0.6 is 11.3 Å². The fourth-order valence-corrected chi connectivity index (χ4v) is 3.42. The van der Waals surface area contributed by atoms with Gasteiger partial charge in [-0.15, -0.1) is 11.3 Å². The molecule has 1 aliphatic heterocycles. The third kappa shape index (κ3) is 4.01. The Morgan fingerprint density at radius 3 is 2.87 bits per heavy atom. The second-order valence-electron chi connectivity index (χ2n) is 5.50. The Kier molecular flexibility index (Phi) is 5.59. The van der Waals surface area contributed by atoms with Crippen LogP contribution in [0.4, 0.5) is 0 Å². The van der Waals surface area contributed by atoms with Crippen LogP contribution in [-0.4, -0.2) is 66.5 Å². The van der Waals surface area contributed by atoms with Gasteiger partial charge in [-0.3, -0.25) is 14.4 Å². The molecule has 1 fully saturated rings. The van der Waals surface area contributed by atoms with Crippen LogP contribution in [0.15, 0.2) is 11.4 Å². The summed E-state index contributed by atoms with van der Waals surface area (Å²) >= 11 is 1.26. The zero-order valence-corrected chi connectivity index (χ0v) is 14.0. The molecule has 1 aromatic heterocycles. The third-order valence-electron chi connectivity index (χ3n) is 3.89. The van der Waals surface area contributed by atoms with E-state index in [9.17, 15) is 14.4 Å². The Labute approximate surface area is 138 Å². The van der Waals surface area contributed by atoms with Gasteiger partial charge in [0, 0.05) is 20.1 Å². The number of rotatable bonds is 5. The SMILES string of the molecule is COc1ccsc1C(=O)N(C)CC(=O)N1CCC[C@@H](C(=O)O)C1. The molecule has 1 N–H and O–H groups in total. The van der Waals surface area contributed by atoms with Crippen LogP contribution in [0.3, 0.4) is 0 Å². The van der Waals surface area contributed by atoms with Gasteiger partial charge in [-0.2, -0.15) is 0 Å². The zero-order valence-electron chi connectivity index (χ0n) is 13.2. The first kappa shape index (κ1) is 17.3. The molecule has 0 spiro atoms. The number of ether oxygens (including phenoxy) is 1. The van der Waals surface area contributed by atoms with Crippen molar-refractivity contribution in [3.63, 3.8) is 0 Å². The summed E-state index contributed by atoms with van der Waals surface area (Å²) < 4.78 is 5.12. The minimum Gasteiger partial charge on any atom is -0.495 e. The molecule has 0 radical (unpaired) electrons. The zero-order chi connectivity index (χ0) is 17.0. The molecule has 7 nitrogen and oxygen atoms in total. The Bertz CT molecular complexity index is 600. The summed E-state index contributed by atoms with van der Waals surface area (Å²) in [5.74, 6) is -1.43. The molecule has 2 rings (SSSR count). The van der Waals surface area contributed by atoms with Gasteiger partial charge in [-0.05, 0) is 24.3 Å². The highest BCUT2D eigenvalue weighted by Gasteiger charge is 2.29. The molecule has 0 saturated carbocycles. The predicted molar refractivity (Wildman–Crippen MR) is 84.8 cm³/mol. The Morgan fingerprint density at radius 1 is 1.48 bits per heavy atom. The number of hydrogen-bond acceptors (Lipinski definition) is 5. The molecule has 2 heterocycles. The summed E-state index contributed by atoms with van der Waals surface area (Å²) in [6, 6.07) is 1.70. The monoisotopic (exact) mass is 340 g/mol. The lowest BCUT2D eigenvalue weighted by molar-refractivity contribution is -0.145. The molecule has 1 aromatic rings. The molecule has 1 aliphatic rings. The molecule has 2 amide bonds. The van der Waals surface area contributed by atoms with E-state index in [4.69, 9.17) is 9.84 Å². The van der Waals surface area contributed by atoms with E-state index < -0.39 is 11.9 Å². The molecular weight excluding hydrogens is 320 g/mol. The smallest absolute Gasteiger partial charge is 0.308 e. The number of aliphatic carboxylic acids is 1. The van der Waals surface area contributed by atoms with Crippen LogP contribution in [0.1, 0.15) is 22.5 Å². The summed E-state index contributed by atoms with van der Waals surface area (Å²) in [7, 11) is 3.04. The third-order valence-corrected chi connectivity index (χ3v) is 4.77. The maximum Gasteiger partial charge on any atom is 0.308 e. The average molecular weight is 340 g/mol.